The lowest BCUT2D eigenvalue weighted by Gasteiger charge is -2.42. The van der Waals surface area contributed by atoms with Crippen LogP contribution in [-0.4, -0.2) is 47.5 Å². The predicted molar refractivity (Wildman–Crippen MR) is 201 cm³/mol. The number of carbonyl (C=O) groups is 3. The molecule has 53 heavy (non-hydrogen) atoms. The van der Waals surface area contributed by atoms with E-state index in [9.17, 15) is 19.5 Å². The molecule has 2 N–H and O–H groups in total. The highest BCUT2D eigenvalue weighted by Crippen LogP contribution is 2.42. The van der Waals surface area contributed by atoms with Crippen molar-refractivity contribution in [3.05, 3.63) is 160 Å². The molecule has 1 fully saturated rings. The molecule has 1 unspecified atom stereocenters. The van der Waals surface area contributed by atoms with Gasteiger partial charge in [-0.2, -0.15) is 0 Å². The second kappa shape index (κ2) is 14.4. The van der Waals surface area contributed by atoms with Crippen molar-refractivity contribution >= 4 is 45.1 Å². The summed E-state index contributed by atoms with van der Waals surface area (Å²) in [5.41, 5.74) is 4.73. The Morgan fingerprint density at radius 2 is 1.45 bits per heavy atom. The van der Waals surface area contributed by atoms with Crippen molar-refractivity contribution in [2.75, 3.05) is 18.9 Å². The van der Waals surface area contributed by atoms with Crippen LogP contribution in [0, 0.1) is 5.92 Å². The summed E-state index contributed by atoms with van der Waals surface area (Å²) in [6.45, 7) is 3.44. The van der Waals surface area contributed by atoms with Crippen molar-refractivity contribution in [1.29, 1.82) is 0 Å². The number of carbonyl (C=O) groups excluding carboxylic acids is 3. The number of benzene rings is 6. The smallest absolute Gasteiger partial charge is 0.346 e. The monoisotopic (exact) mass is 706 g/mol. The molecule has 0 aliphatic carbocycles. The quantitative estimate of drug-likeness (QED) is 0.0885. The Hall–Kier alpha value is -5.71. The minimum absolute atomic E-state index is 0.0285. The van der Waals surface area contributed by atoms with Gasteiger partial charge in [0.25, 0.3) is 5.91 Å². The maximum absolute atomic E-state index is 13.3. The molecule has 4 atom stereocenters. The third-order valence-corrected chi connectivity index (χ3v) is 10.2. The van der Waals surface area contributed by atoms with Crippen LogP contribution in [0.5, 0.6) is 0 Å². The highest BCUT2D eigenvalue weighted by atomic mass is 16.7. The summed E-state index contributed by atoms with van der Waals surface area (Å²) in [7, 11) is 2.12. The topological polar surface area (TPSA) is 114 Å². The van der Waals surface area contributed by atoms with Gasteiger partial charge >= 0.3 is 11.9 Å². The standard InChI is InChI=1S/C44H38N2O7/c1-26-39(24-46(2)23-38-34-12-5-3-8-29(34)20-30-9-4-6-13-35(30)38)51-44(52-40(26)28-16-14-27(25-47)15-17-28)32-10-7-11-33(21-32)45-41(48)31-18-19-36-37(22-31)43(50)53-42(36)49/h3-22,26,39-40,44,47H,23-25H2,1-2H3,(H,45,48)/t26-,39+,40+,44?/m0/s1. The summed E-state index contributed by atoms with van der Waals surface area (Å²) in [5, 5.41) is 17.4. The van der Waals surface area contributed by atoms with E-state index in [0.29, 0.717) is 18.8 Å². The maximum atomic E-state index is 13.3. The number of anilines is 1. The van der Waals surface area contributed by atoms with E-state index in [1.807, 2.05) is 42.5 Å². The Labute approximate surface area is 306 Å². The zero-order valence-corrected chi connectivity index (χ0v) is 29.3. The summed E-state index contributed by atoms with van der Waals surface area (Å²) in [5.74, 6) is -1.97. The average molecular weight is 707 g/mol. The van der Waals surface area contributed by atoms with Crippen molar-refractivity contribution in [3.8, 4) is 0 Å². The maximum Gasteiger partial charge on any atom is 0.346 e. The minimum Gasteiger partial charge on any atom is -0.392 e. The van der Waals surface area contributed by atoms with E-state index in [0.717, 1.165) is 16.7 Å². The van der Waals surface area contributed by atoms with Crippen molar-refractivity contribution in [2.45, 2.75) is 38.6 Å². The first-order chi connectivity index (χ1) is 25.7. The number of fused-ring (bicyclic) bond motifs is 3. The van der Waals surface area contributed by atoms with Crippen LogP contribution in [0.3, 0.4) is 0 Å². The number of likely N-dealkylation sites (N-methyl/N-ethyl adjacent to an activating group) is 1. The lowest BCUT2D eigenvalue weighted by Crippen LogP contribution is -2.43. The molecular formula is C44H38N2O7. The number of aliphatic hydroxyl groups excluding tert-OH is 1. The number of cyclic esters (lactones) is 2. The van der Waals surface area contributed by atoms with E-state index < -0.39 is 24.1 Å². The highest BCUT2D eigenvalue weighted by molar-refractivity contribution is 6.16. The number of hydrogen-bond donors (Lipinski definition) is 2. The van der Waals surface area contributed by atoms with Gasteiger partial charge in [-0.3, -0.25) is 9.69 Å². The Bertz CT molecular complexity index is 2320. The third kappa shape index (κ3) is 6.83. The summed E-state index contributed by atoms with van der Waals surface area (Å²) < 4.78 is 18.2. The zero-order valence-electron chi connectivity index (χ0n) is 29.3. The fourth-order valence-corrected chi connectivity index (χ4v) is 7.44. The number of aliphatic hydroxyl groups is 1. The van der Waals surface area contributed by atoms with Gasteiger partial charge in [-0.15, -0.1) is 0 Å². The van der Waals surface area contributed by atoms with E-state index in [1.165, 1.54) is 45.3 Å². The molecule has 0 radical (unpaired) electrons. The van der Waals surface area contributed by atoms with Crippen molar-refractivity contribution in [1.82, 2.24) is 4.90 Å². The number of hydrogen-bond acceptors (Lipinski definition) is 8. The van der Waals surface area contributed by atoms with Crippen molar-refractivity contribution in [3.63, 3.8) is 0 Å². The van der Waals surface area contributed by atoms with Crippen LogP contribution in [0.4, 0.5) is 5.69 Å². The highest BCUT2D eigenvalue weighted by Gasteiger charge is 2.39. The lowest BCUT2D eigenvalue weighted by atomic mass is 9.89. The SMILES string of the molecule is C[C@H]1[C@@H](CN(C)Cc2c3ccccc3cc3ccccc23)OC(c2cccc(NC(=O)c3ccc4c(c3)C(=O)OC4=O)c2)O[C@H]1c1ccc(CO)cc1. The van der Waals surface area contributed by atoms with Crippen LogP contribution < -0.4 is 5.32 Å². The number of rotatable bonds is 9. The van der Waals surface area contributed by atoms with Crippen molar-refractivity contribution in [2.24, 2.45) is 5.92 Å². The molecule has 1 amide bonds. The number of nitrogens with zero attached hydrogens (tertiary/aromatic N) is 1. The molecule has 6 aromatic carbocycles. The molecule has 9 heteroatoms. The van der Waals surface area contributed by atoms with Crippen LogP contribution in [0.2, 0.25) is 0 Å². The van der Waals surface area contributed by atoms with E-state index in [4.69, 9.17) is 9.47 Å². The summed E-state index contributed by atoms with van der Waals surface area (Å²) in [6, 6.07) is 38.7. The van der Waals surface area contributed by atoms with Crippen LogP contribution in [-0.2, 0) is 27.4 Å². The predicted octanol–water partition coefficient (Wildman–Crippen LogP) is 7.97. The first-order valence-electron chi connectivity index (χ1n) is 17.7. The van der Waals surface area contributed by atoms with Crippen LogP contribution in [0.1, 0.15) is 72.6 Å². The molecule has 9 nitrogen and oxygen atoms in total. The van der Waals surface area contributed by atoms with E-state index in [-0.39, 0.29) is 41.4 Å². The Morgan fingerprint density at radius 3 is 2.17 bits per heavy atom. The molecule has 0 saturated carbocycles. The van der Waals surface area contributed by atoms with Gasteiger partial charge in [-0.05, 0) is 81.7 Å². The zero-order chi connectivity index (χ0) is 36.6. The molecule has 0 aromatic heterocycles. The van der Waals surface area contributed by atoms with E-state index in [1.54, 1.807) is 6.07 Å². The molecule has 266 valence electrons. The van der Waals surface area contributed by atoms with E-state index in [2.05, 4.69) is 83.5 Å². The van der Waals surface area contributed by atoms with Gasteiger partial charge in [0.05, 0.1) is 29.9 Å². The molecule has 2 aliphatic rings. The third-order valence-electron chi connectivity index (χ3n) is 10.2. The molecule has 8 rings (SSSR count). The van der Waals surface area contributed by atoms with Crippen LogP contribution in [0.15, 0.2) is 121 Å². The number of ether oxygens (including phenoxy) is 3. The van der Waals surface area contributed by atoms with Gasteiger partial charge in [0.1, 0.15) is 0 Å². The van der Waals surface area contributed by atoms with E-state index >= 15 is 0 Å². The first kappa shape index (κ1) is 34.4. The largest absolute Gasteiger partial charge is 0.392 e. The second-order valence-electron chi connectivity index (χ2n) is 13.8. The lowest BCUT2D eigenvalue weighted by molar-refractivity contribution is -0.276. The van der Waals surface area contributed by atoms with Crippen LogP contribution >= 0.6 is 0 Å². The fourth-order valence-electron chi connectivity index (χ4n) is 7.44. The Balaban J connectivity index is 1.06. The van der Waals surface area contributed by atoms with Gasteiger partial charge < -0.3 is 24.6 Å². The molecule has 0 spiro atoms. The molecule has 0 bridgehead atoms. The fraction of sp³-hybridized carbons (Fsp3) is 0.205. The average Bonchev–Trinajstić information content (AvgIpc) is 3.47. The number of nitrogens with one attached hydrogen (secondary N) is 1. The molecular weight excluding hydrogens is 668 g/mol. The number of esters is 2. The second-order valence-corrected chi connectivity index (χ2v) is 13.8. The molecule has 1 saturated heterocycles. The summed E-state index contributed by atoms with van der Waals surface area (Å²) >= 11 is 0. The van der Waals surface area contributed by atoms with Gasteiger partial charge in [0, 0.05) is 35.8 Å². The molecule has 2 aliphatic heterocycles. The van der Waals surface area contributed by atoms with Gasteiger partial charge in [0.2, 0.25) is 0 Å². The number of amides is 1. The Kier molecular flexibility index (Phi) is 9.32. The van der Waals surface area contributed by atoms with Gasteiger partial charge in [0.15, 0.2) is 6.29 Å². The van der Waals surface area contributed by atoms with Crippen molar-refractivity contribution < 1.29 is 33.7 Å². The molecule has 6 aromatic rings. The Morgan fingerprint density at radius 1 is 0.755 bits per heavy atom. The molecule has 2 heterocycles. The summed E-state index contributed by atoms with van der Waals surface area (Å²) in [4.78, 5) is 39.5. The van der Waals surface area contributed by atoms with Gasteiger partial charge in [-0.25, -0.2) is 9.59 Å². The van der Waals surface area contributed by atoms with Crippen LogP contribution in [0.25, 0.3) is 21.5 Å². The minimum atomic E-state index is -0.770. The van der Waals surface area contributed by atoms with Gasteiger partial charge in [-0.1, -0.05) is 91.9 Å². The summed E-state index contributed by atoms with van der Waals surface area (Å²) in [6.07, 6.45) is -1.29. The normalized spacial score (nSPS) is 19.8. The first-order valence-corrected chi connectivity index (χ1v) is 17.7.